The van der Waals surface area contributed by atoms with Crippen molar-refractivity contribution in [2.75, 3.05) is 6.54 Å². The summed E-state index contributed by atoms with van der Waals surface area (Å²) >= 11 is 1.62. The lowest BCUT2D eigenvalue weighted by Crippen LogP contribution is -2.26. The number of imidazole rings is 1. The summed E-state index contributed by atoms with van der Waals surface area (Å²) in [5.41, 5.74) is 1.59. The first-order valence-electron chi connectivity index (χ1n) is 6.86. The fourth-order valence-electron chi connectivity index (χ4n) is 2.02. The largest absolute Gasteiger partial charge is 0.352 e. The number of nitrogens with zero attached hydrogens (tertiary/aromatic N) is 4. The first-order valence-corrected chi connectivity index (χ1v) is 7.74. The minimum atomic E-state index is -0.115. The van der Waals surface area contributed by atoms with E-state index >= 15 is 0 Å². The molecule has 3 heterocycles. The lowest BCUT2D eigenvalue weighted by molar-refractivity contribution is 0.0954. The van der Waals surface area contributed by atoms with Gasteiger partial charge in [-0.25, -0.2) is 15.0 Å². The van der Waals surface area contributed by atoms with Gasteiger partial charge in [-0.05, 0) is 19.1 Å². The molecular weight excluding hydrogens is 298 g/mol. The van der Waals surface area contributed by atoms with E-state index in [4.69, 9.17) is 0 Å². The van der Waals surface area contributed by atoms with E-state index < -0.39 is 0 Å². The van der Waals surface area contributed by atoms with Gasteiger partial charge in [-0.2, -0.15) is 0 Å². The monoisotopic (exact) mass is 313 g/mol. The lowest BCUT2D eigenvalue weighted by atomic mass is 10.2. The van der Waals surface area contributed by atoms with Gasteiger partial charge in [0, 0.05) is 42.5 Å². The third kappa shape index (κ3) is 3.37. The van der Waals surface area contributed by atoms with Crippen molar-refractivity contribution in [3.63, 3.8) is 0 Å². The highest BCUT2D eigenvalue weighted by molar-refractivity contribution is 7.09. The second-order valence-corrected chi connectivity index (χ2v) is 5.80. The molecule has 112 valence electrons. The Balaban J connectivity index is 1.61. The lowest BCUT2D eigenvalue weighted by Gasteiger charge is -2.06. The Morgan fingerprint density at radius 1 is 1.41 bits per heavy atom. The molecule has 0 aliphatic carbocycles. The van der Waals surface area contributed by atoms with E-state index in [9.17, 15) is 4.79 Å². The molecule has 3 aromatic heterocycles. The molecule has 0 aromatic carbocycles. The maximum Gasteiger partial charge on any atom is 0.251 e. The van der Waals surface area contributed by atoms with Gasteiger partial charge in [-0.15, -0.1) is 11.3 Å². The van der Waals surface area contributed by atoms with Crippen LogP contribution in [0.2, 0.25) is 0 Å². The average molecular weight is 313 g/mol. The molecule has 0 radical (unpaired) electrons. The average Bonchev–Trinajstić information content (AvgIpc) is 3.19. The maximum atomic E-state index is 12.2. The smallest absolute Gasteiger partial charge is 0.251 e. The fraction of sp³-hybridized carbons (Fsp3) is 0.200. The summed E-state index contributed by atoms with van der Waals surface area (Å²) < 4.78 is 1.76. The van der Waals surface area contributed by atoms with Crippen LogP contribution in [0.5, 0.6) is 0 Å². The van der Waals surface area contributed by atoms with Crippen molar-refractivity contribution in [2.45, 2.75) is 13.3 Å². The zero-order valence-electron chi connectivity index (χ0n) is 12.1. The molecule has 0 aliphatic rings. The van der Waals surface area contributed by atoms with Crippen LogP contribution in [0, 0.1) is 6.92 Å². The standard InChI is InChI=1S/C15H15N5OS/c1-11-19-13(9-22-11)3-5-18-15(21)12-2-4-17-14(8-12)20-7-6-16-10-20/h2,4,6-10H,3,5H2,1H3,(H,18,21). The summed E-state index contributed by atoms with van der Waals surface area (Å²) in [6.45, 7) is 2.53. The third-order valence-electron chi connectivity index (χ3n) is 3.11. The Bertz CT molecular complexity index is 766. The molecule has 0 spiro atoms. The van der Waals surface area contributed by atoms with Gasteiger partial charge in [0.2, 0.25) is 0 Å². The Hall–Kier alpha value is -2.54. The number of carbonyl (C=O) groups excluding carboxylic acids is 1. The first-order chi connectivity index (χ1) is 10.7. The molecular formula is C15H15N5OS. The van der Waals surface area contributed by atoms with Gasteiger partial charge < -0.3 is 5.32 Å². The Morgan fingerprint density at radius 3 is 3.05 bits per heavy atom. The molecule has 0 saturated carbocycles. The molecule has 0 unspecified atom stereocenters. The van der Waals surface area contributed by atoms with Gasteiger partial charge in [0.15, 0.2) is 0 Å². The molecule has 6 nitrogen and oxygen atoms in total. The summed E-state index contributed by atoms with van der Waals surface area (Å²) in [7, 11) is 0. The van der Waals surface area contributed by atoms with E-state index in [1.165, 1.54) is 0 Å². The zero-order valence-corrected chi connectivity index (χ0v) is 12.9. The van der Waals surface area contributed by atoms with Crippen molar-refractivity contribution < 1.29 is 4.79 Å². The van der Waals surface area contributed by atoms with Crippen LogP contribution in [0.25, 0.3) is 5.82 Å². The molecule has 0 aliphatic heterocycles. The number of amides is 1. The summed E-state index contributed by atoms with van der Waals surface area (Å²) in [5.74, 6) is 0.552. The highest BCUT2D eigenvalue weighted by Gasteiger charge is 2.08. The predicted molar refractivity (Wildman–Crippen MR) is 84.2 cm³/mol. The Morgan fingerprint density at radius 2 is 2.32 bits per heavy atom. The number of pyridine rings is 1. The Labute approximate surface area is 131 Å². The van der Waals surface area contributed by atoms with Crippen molar-refractivity contribution in [1.82, 2.24) is 24.8 Å². The first kappa shape index (κ1) is 14.4. The second kappa shape index (κ2) is 6.48. The molecule has 1 N–H and O–H groups in total. The topological polar surface area (TPSA) is 72.7 Å². The van der Waals surface area contributed by atoms with E-state index in [1.807, 2.05) is 12.3 Å². The van der Waals surface area contributed by atoms with Crippen molar-refractivity contribution >= 4 is 17.2 Å². The number of rotatable bonds is 5. The van der Waals surface area contributed by atoms with Gasteiger partial charge in [0.1, 0.15) is 12.1 Å². The van der Waals surface area contributed by atoms with Gasteiger partial charge in [0.25, 0.3) is 5.91 Å². The number of aromatic nitrogens is 4. The van der Waals surface area contributed by atoms with Crippen LogP contribution in [0.4, 0.5) is 0 Å². The summed E-state index contributed by atoms with van der Waals surface area (Å²) in [6.07, 6.45) is 7.46. The van der Waals surface area contributed by atoms with E-state index in [2.05, 4.69) is 20.3 Å². The molecule has 1 amide bonds. The predicted octanol–water partition coefficient (Wildman–Crippen LogP) is 2.00. The maximum absolute atomic E-state index is 12.2. The van der Waals surface area contributed by atoms with E-state index in [0.717, 1.165) is 17.1 Å². The fourth-order valence-corrected chi connectivity index (χ4v) is 2.67. The highest BCUT2D eigenvalue weighted by atomic mass is 32.1. The van der Waals surface area contributed by atoms with Gasteiger partial charge in [-0.1, -0.05) is 0 Å². The van der Waals surface area contributed by atoms with Crippen LogP contribution in [-0.4, -0.2) is 32.0 Å². The number of hydrogen-bond acceptors (Lipinski definition) is 5. The van der Waals surface area contributed by atoms with Crippen LogP contribution in [0.3, 0.4) is 0 Å². The van der Waals surface area contributed by atoms with E-state index in [0.29, 0.717) is 17.9 Å². The molecule has 0 fully saturated rings. The summed E-state index contributed by atoms with van der Waals surface area (Å²) in [4.78, 5) is 24.8. The number of nitrogens with one attached hydrogen (secondary N) is 1. The SMILES string of the molecule is Cc1nc(CCNC(=O)c2ccnc(-n3ccnc3)c2)cs1. The number of thiazole rings is 1. The van der Waals surface area contributed by atoms with Crippen LogP contribution >= 0.6 is 11.3 Å². The quantitative estimate of drug-likeness (QED) is 0.782. The summed E-state index contributed by atoms with van der Waals surface area (Å²) in [5, 5.41) is 5.96. The van der Waals surface area contributed by atoms with Gasteiger partial charge in [0.05, 0.1) is 10.7 Å². The molecule has 0 saturated heterocycles. The third-order valence-corrected chi connectivity index (χ3v) is 3.93. The van der Waals surface area contributed by atoms with Crippen LogP contribution < -0.4 is 5.32 Å². The second-order valence-electron chi connectivity index (χ2n) is 4.74. The number of carbonyl (C=O) groups is 1. The molecule has 0 atom stereocenters. The Kier molecular flexibility index (Phi) is 4.24. The minimum absolute atomic E-state index is 0.115. The molecule has 22 heavy (non-hydrogen) atoms. The van der Waals surface area contributed by atoms with Crippen molar-refractivity contribution in [1.29, 1.82) is 0 Å². The van der Waals surface area contributed by atoms with Crippen molar-refractivity contribution in [2.24, 2.45) is 0 Å². The minimum Gasteiger partial charge on any atom is -0.352 e. The van der Waals surface area contributed by atoms with Crippen LogP contribution in [-0.2, 0) is 6.42 Å². The van der Waals surface area contributed by atoms with Gasteiger partial charge >= 0.3 is 0 Å². The summed E-state index contributed by atoms with van der Waals surface area (Å²) in [6, 6.07) is 3.44. The van der Waals surface area contributed by atoms with E-state index in [-0.39, 0.29) is 5.91 Å². The highest BCUT2D eigenvalue weighted by Crippen LogP contribution is 2.09. The van der Waals surface area contributed by atoms with Crippen molar-refractivity contribution in [3.8, 4) is 5.82 Å². The number of hydrogen-bond donors (Lipinski definition) is 1. The van der Waals surface area contributed by atoms with E-state index in [1.54, 1.807) is 53.0 Å². The number of aryl methyl sites for hydroxylation is 1. The molecule has 3 aromatic rings. The molecule has 7 heteroatoms. The normalized spacial score (nSPS) is 10.6. The van der Waals surface area contributed by atoms with Crippen LogP contribution in [0.15, 0.2) is 42.4 Å². The van der Waals surface area contributed by atoms with Crippen LogP contribution in [0.1, 0.15) is 21.1 Å². The zero-order chi connectivity index (χ0) is 15.4. The molecule has 0 bridgehead atoms. The van der Waals surface area contributed by atoms with Crippen molar-refractivity contribution in [3.05, 3.63) is 58.7 Å². The van der Waals surface area contributed by atoms with Gasteiger partial charge in [-0.3, -0.25) is 9.36 Å². The molecule has 3 rings (SSSR count).